The van der Waals surface area contributed by atoms with Gasteiger partial charge in [0.2, 0.25) is 0 Å². The molecule has 1 aromatic carbocycles. The minimum absolute atomic E-state index is 0.0200. The van der Waals surface area contributed by atoms with Gasteiger partial charge in [-0.3, -0.25) is 5.41 Å². The molecule has 0 aromatic heterocycles. The lowest BCUT2D eigenvalue weighted by atomic mass is 10.2. The first kappa shape index (κ1) is 13.9. The zero-order valence-electron chi connectivity index (χ0n) is 11.0. The zero-order chi connectivity index (χ0) is 14.7. The Labute approximate surface area is 115 Å². The maximum Gasteiger partial charge on any atom is 0.190 e. The van der Waals surface area contributed by atoms with Gasteiger partial charge in [-0.1, -0.05) is 0 Å². The van der Waals surface area contributed by atoms with E-state index < -0.39 is 0 Å². The van der Waals surface area contributed by atoms with Gasteiger partial charge in [0.1, 0.15) is 24.1 Å². The molecule has 0 fully saturated rings. The molecule has 2 rings (SSSR count). The topological polar surface area (TPSA) is 142 Å². The number of azo groups is 1. The average Bonchev–Trinajstić information content (AvgIpc) is 2.72. The van der Waals surface area contributed by atoms with Crippen LogP contribution in [0.1, 0.15) is 6.92 Å². The number of nitrogen functional groups attached to an aromatic ring is 2. The molecule has 0 saturated heterocycles. The Morgan fingerprint density at radius 2 is 2.15 bits per heavy atom. The molecule has 0 saturated carbocycles. The van der Waals surface area contributed by atoms with Crippen LogP contribution in [0, 0.1) is 5.41 Å². The molecule has 8 nitrogen and oxygen atoms in total. The third-order valence-corrected chi connectivity index (χ3v) is 2.72. The summed E-state index contributed by atoms with van der Waals surface area (Å²) in [5.74, 6) is 0.408. The first-order chi connectivity index (χ1) is 9.52. The summed E-state index contributed by atoms with van der Waals surface area (Å²) in [5, 5.41) is 23.9. The van der Waals surface area contributed by atoms with Crippen LogP contribution in [0.3, 0.4) is 0 Å². The van der Waals surface area contributed by atoms with Crippen LogP contribution < -0.4 is 16.2 Å². The van der Waals surface area contributed by atoms with Gasteiger partial charge in [-0.2, -0.15) is 5.11 Å². The summed E-state index contributed by atoms with van der Waals surface area (Å²) in [6, 6.07) is 2.83. The molecular formula is C12H16N6O2. The molecule has 8 heteroatoms. The van der Waals surface area contributed by atoms with Crippen LogP contribution in [0.2, 0.25) is 0 Å². The SMILES string of the molecule is CC1N=NC(=N)C1=Nc1cc(OCCO)c(N)cc1N. The monoisotopic (exact) mass is 276 g/mol. The Bertz CT molecular complexity index is 596. The van der Waals surface area contributed by atoms with E-state index in [1.165, 1.54) is 6.07 Å². The summed E-state index contributed by atoms with van der Waals surface area (Å²) >= 11 is 0. The molecule has 0 amide bonds. The minimum atomic E-state index is -0.277. The van der Waals surface area contributed by atoms with Gasteiger partial charge in [0.25, 0.3) is 0 Å². The van der Waals surface area contributed by atoms with Gasteiger partial charge in [0.15, 0.2) is 5.84 Å². The molecule has 6 N–H and O–H groups in total. The first-order valence-electron chi connectivity index (χ1n) is 6.04. The van der Waals surface area contributed by atoms with E-state index in [1.54, 1.807) is 13.0 Å². The molecule has 106 valence electrons. The third kappa shape index (κ3) is 2.75. The van der Waals surface area contributed by atoms with Crippen molar-refractivity contribution in [2.45, 2.75) is 13.0 Å². The first-order valence-corrected chi connectivity index (χ1v) is 6.04. The normalized spacial score (nSPS) is 19.8. The Balaban J connectivity index is 2.36. The molecule has 0 bridgehead atoms. The van der Waals surface area contributed by atoms with Crippen molar-refractivity contribution in [3.8, 4) is 5.75 Å². The molecule has 1 atom stereocenters. The fraction of sp³-hybridized carbons (Fsp3) is 0.333. The maximum absolute atomic E-state index is 8.77. The number of hydrogen-bond acceptors (Lipinski definition) is 7. The third-order valence-electron chi connectivity index (χ3n) is 2.72. The van der Waals surface area contributed by atoms with Gasteiger partial charge < -0.3 is 21.3 Å². The Kier molecular flexibility index (Phi) is 3.94. The highest BCUT2D eigenvalue weighted by atomic mass is 16.5. The molecule has 1 aliphatic heterocycles. The van der Waals surface area contributed by atoms with Crippen LogP contribution in [-0.4, -0.2) is 35.9 Å². The number of aliphatic hydroxyl groups excluding tert-OH is 1. The summed E-state index contributed by atoms with van der Waals surface area (Å²) in [5.41, 5.74) is 13.3. The van der Waals surface area contributed by atoms with Crippen molar-refractivity contribution in [2.24, 2.45) is 15.2 Å². The van der Waals surface area contributed by atoms with E-state index >= 15 is 0 Å². The molecule has 0 radical (unpaired) electrons. The van der Waals surface area contributed by atoms with Crippen LogP contribution in [0.5, 0.6) is 5.75 Å². The van der Waals surface area contributed by atoms with E-state index in [0.717, 1.165) is 0 Å². The second-order valence-electron chi connectivity index (χ2n) is 4.26. The minimum Gasteiger partial charge on any atom is -0.489 e. The van der Waals surface area contributed by atoms with E-state index in [0.29, 0.717) is 28.5 Å². The van der Waals surface area contributed by atoms with E-state index in [2.05, 4.69) is 15.2 Å². The van der Waals surface area contributed by atoms with E-state index in [4.69, 9.17) is 26.7 Å². The van der Waals surface area contributed by atoms with Crippen molar-refractivity contribution in [3.05, 3.63) is 12.1 Å². The van der Waals surface area contributed by atoms with Crippen molar-refractivity contribution >= 4 is 28.6 Å². The van der Waals surface area contributed by atoms with Crippen molar-refractivity contribution in [1.82, 2.24) is 0 Å². The summed E-state index contributed by atoms with van der Waals surface area (Å²) in [7, 11) is 0. The van der Waals surface area contributed by atoms with Crippen molar-refractivity contribution < 1.29 is 9.84 Å². The standard InChI is InChI=1S/C12H16N6O2/c1-6-11(12(15)18-17-6)16-9-5-10(20-3-2-19)8(14)4-7(9)13/h4-6,15,19H,2-3,13-14H2,1H3. The van der Waals surface area contributed by atoms with Gasteiger partial charge in [0.05, 0.1) is 23.7 Å². The summed E-state index contributed by atoms with van der Waals surface area (Å²) in [4.78, 5) is 4.31. The maximum atomic E-state index is 8.77. The number of aliphatic hydroxyl groups is 1. The molecule has 1 heterocycles. The van der Waals surface area contributed by atoms with E-state index in [-0.39, 0.29) is 25.1 Å². The van der Waals surface area contributed by atoms with Crippen LogP contribution in [0.25, 0.3) is 0 Å². The fourth-order valence-electron chi connectivity index (χ4n) is 1.71. The number of amidine groups is 1. The van der Waals surface area contributed by atoms with Crippen molar-refractivity contribution in [1.29, 1.82) is 5.41 Å². The van der Waals surface area contributed by atoms with Gasteiger partial charge in [-0.25, -0.2) is 4.99 Å². The highest BCUT2D eigenvalue weighted by Gasteiger charge is 2.22. The van der Waals surface area contributed by atoms with Crippen LogP contribution in [-0.2, 0) is 0 Å². The number of anilines is 2. The zero-order valence-corrected chi connectivity index (χ0v) is 11.0. The second-order valence-corrected chi connectivity index (χ2v) is 4.26. The number of nitrogens with zero attached hydrogens (tertiary/aromatic N) is 3. The van der Waals surface area contributed by atoms with Crippen LogP contribution >= 0.6 is 0 Å². The number of hydrogen-bond donors (Lipinski definition) is 4. The second kappa shape index (κ2) is 5.66. The van der Waals surface area contributed by atoms with Crippen molar-refractivity contribution in [3.63, 3.8) is 0 Å². The van der Waals surface area contributed by atoms with Gasteiger partial charge in [-0.05, 0) is 13.0 Å². The van der Waals surface area contributed by atoms with Crippen molar-refractivity contribution in [2.75, 3.05) is 24.7 Å². The molecule has 1 aliphatic rings. The summed E-state index contributed by atoms with van der Waals surface area (Å²) in [6.45, 7) is 1.80. The average molecular weight is 276 g/mol. The van der Waals surface area contributed by atoms with E-state index in [1.807, 2.05) is 0 Å². The predicted octanol–water partition coefficient (Wildman–Crippen LogP) is 1.13. The molecule has 20 heavy (non-hydrogen) atoms. The lowest BCUT2D eigenvalue weighted by Crippen LogP contribution is -2.16. The number of benzene rings is 1. The van der Waals surface area contributed by atoms with Gasteiger partial charge in [0, 0.05) is 6.07 Å². The number of nitrogens with one attached hydrogen (secondary N) is 1. The highest BCUT2D eigenvalue weighted by molar-refractivity contribution is 6.44. The number of ether oxygens (including phenoxy) is 1. The predicted molar refractivity (Wildman–Crippen MR) is 77.0 cm³/mol. The molecule has 0 spiro atoms. The lowest BCUT2D eigenvalue weighted by molar-refractivity contribution is 0.202. The summed E-state index contributed by atoms with van der Waals surface area (Å²) < 4.78 is 5.30. The number of aliphatic imine (C=N–C) groups is 1. The Hall–Kier alpha value is -2.48. The number of nitrogens with two attached hydrogens (primary N) is 2. The molecule has 1 aromatic rings. The fourth-order valence-corrected chi connectivity index (χ4v) is 1.71. The summed E-state index contributed by atoms with van der Waals surface area (Å²) in [6.07, 6.45) is 0. The van der Waals surface area contributed by atoms with E-state index in [9.17, 15) is 0 Å². The molecular weight excluding hydrogens is 260 g/mol. The lowest BCUT2D eigenvalue weighted by Gasteiger charge is -2.11. The van der Waals surface area contributed by atoms with Gasteiger partial charge in [-0.15, -0.1) is 5.11 Å². The largest absolute Gasteiger partial charge is 0.489 e. The van der Waals surface area contributed by atoms with Gasteiger partial charge >= 0.3 is 0 Å². The van der Waals surface area contributed by atoms with Crippen LogP contribution in [0.15, 0.2) is 27.4 Å². The number of rotatable bonds is 4. The highest BCUT2D eigenvalue weighted by Crippen LogP contribution is 2.34. The molecule has 1 unspecified atom stereocenters. The Morgan fingerprint density at radius 3 is 2.75 bits per heavy atom. The van der Waals surface area contributed by atoms with Crippen LogP contribution in [0.4, 0.5) is 17.1 Å². The Morgan fingerprint density at radius 1 is 1.40 bits per heavy atom. The molecule has 0 aliphatic carbocycles. The smallest absolute Gasteiger partial charge is 0.190 e. The quantitative estimate of drug-likeness (QED) is 0.611.